The largest absolute Gasteiger partial charge is 0.493 e. The molecule has 1 heterocycles. The zero-order chi connectivity index (χ0) is 19.6. The molecule has 1 amide bonds. The molecule has 0 spiro atoms. The van der Waals surface area contributed by atoms with Gasteiger partial charge in [-0.1, -0.05) is 30.3 Å². The Morgan fingerprint density at radius 2 is 1.78 bits per heavy atom. The molecule has 7 heteroatoms. The molecule has 27 heavy (non-hydrogen) atoms. The van der Waals surface area contributed by atoms with Crippen LogP contribution >= 0.6 is 0 Å². The Kier molecular flexibility index (Phi) is 5.12. The van der Waals surface area contributed by atoms with Crippen molar-refractivity contribution in [2.45, 2.75) is 6.54 Å². The first-order valence-electron chi connectivity index (χ1n) is 8.39. The van der Waals surface area contributed by atoms with Crippen LogP contribution in [0.1, 0.15) is 16.1 Å². The molecule has 1 aromatic heterocycles. The normalized spacial score (nSPS) is 10.7. The maximum Gasteiger partial charge on any atom is 0.274 e. The Morgan fingerprint density at radius 3 is 2.44 bits per heavy atom. The predicted octanol–water partition coefficient (Wildman–Crippen LogP) is 2.22. The SMILES string of the molecule is COc1cccc(CN(C)C(=O)c2nn(C)c(=O)c3ccccc23)c1OC. The summed E-state index contributed by atoms with van der Waals surface area (Å²) in [6.07, 6.45) is 0. The van der Waals surface area contributed by atoms with Crippen molar-refractivity contribution < 1.29 is 14.3 Å². The summed E-state index contributed by atoms with van der Waals surface area (Å²) < 4.78 is 11.9. The van der Waals surface area contributed by atoms with E-state index in [2.05, 4.69) is 5.10 Å². The lowest BCUT2D eigenvalue weighted by atomic mass is 10.1. The number of carbonyl (C=O) groups is 1. The Balaban J connectivity index is 1.99. The molecule has 0 aliphatic rings. The first-order chi connectivity index (χ1) is 13.0. The number of carbonyl (C=O) groups excluding carboxylic acids is 1. The van der Waals surface area contributed by atoms with Gasteiger partial charge in [-0.05, 0) is 12.1 Å². The van der Waals surface area contributed by atoms with Crippen molar-refractivity contribution in [3.63, 3.8) is 0 Å². The summed E-state index contributed by atoms with van der Waals surface area (Å²) in [5.41, 5.74) is 0.804. The fourth-order valence-corrected chi connectivity index (χ4v) is 3.04. The highest BCUT2D eigenvalue weighted by Gasteiger charge is 2.21. The number of nitrogens with zero attached hydrogens (tertiary/aromatic N) is 3. The minimum absolute atomic E-state index is 0.233. The number of hydrogen-bond acceptors (Lipinski definition) is 5. The molecule has 0 saturated heterocycles. The van der Waals surface area contributed by atoms with E-state index in [1.54, 1.807) is 51.6 Å². The quantitative estimate of drug-likeness (QED) is 0.691. The lowest BCUT2D eigenvalue weighted by Gasteiger charge is -2.20. The van der Waals surface area contributed by atoms with E-state index in [-0.39, 0.29) is 17.2 Å². The van der Waals surface area contributed by atoms with Crippen LogP contribution in [-0.4, -0.2) is 41.9 Å². The van der Waals surface area contributed by atoms with Gasteiger partial charge in [0.25, 0.3) is 11.5 Å². The van der Waals surface area contributed by atoms with Crippen molar-refractivity contribution in [1.29, 1.82) is 0 Å². The third-order valence-corrected chi connectivity index (χ3v) is 4.40. The topological polar surface area (TPSA) is 73.7 Å². The number of benzene rings is 2. The molecule has 7 nitrogen and oxygen atoms in total. The molecule has 0 saturated carbocycles. The summed E-state index contributed by atoms with van der Waals surface area (Å²) in [6.45, 7) is 0.304. The summed E-state index contributed by atoms with van der Waals surface area (Å²) >= 11 is 0. The van der Waals surface area contributed by atoms with Gasteiger partial charge < -0.3 is 14.4 Å². The number of para-hydroxylation sites is 1. The second-order valence-electron chi connectivity index (χ2n) is 6.14. The number of amides is 1. The number of methoxy groups -OCH3 is 2. The number of aryl methyl sites for hydroxylation is 1. The van der Waals surface area contributed by atoms with Crippen LogP contribution in [0.25, 0.3) is 10.8 Å². The van der Waals surface area contributed by atoms with E-state index in [0.29, 0.717) is 28.8 Å². The summed E-state index contributed by atoms with van der Waals surface area (Å²) in [5.74, 6) is 0.895. The van der Waals surface area contributed by atoms with E-state index in [1.807, 2.05) is 12.1 Å². The van der Waals surface area contributed by atoms with Gasteiger partial charge >= 0.3 is 0 Å². The number of rotatable bonds is 5. The molecule has 3 aromatic rings. The summed E-state index contributed by atoms with van der Waals surface area (Å²) in [4.78, 5) is 26.9. The van der Waals surface area contributed by atoms with Crippen LogP contribution < -0.4 is 15.0 Å². The molecular weight excluding hydrogens is 346 g/mol. The van der Waals surface area contributed by atoms with Gasteiger partial charge in [0.15, 0.2) is 17.2 Å². The van der Waals surface area contributed by atoms with E-state index >= 15 is 0 Å². The van der Waals surface area contributed by atoms with Crippen molar-refractivity contribution in [1.82, 2.24) is 14.7 Å². The summed E-state index contributed by atoms with van der Waals surface area (Å²) in [6, 6.07) is 12.5. The molecule has 0 unspecified atom stereocenters. The average molecular weight is 367 g/mol. The predicted molar refractivity (Wildman–Crippen MR) is 102 cm³/mol. The van der Waals surface area contributed by atoms with Gasteiger partial charge in [0.05, 0.1) is 19.6 Å². The standard InChI is InChI=1S/C20H21N3O4/c1-22(12-13-8-7-11-16(26-3)18(13)27-4)20(25)17-14-9-5-6-10-15(14)19(24)23(2)21-17/h5-11H,12H2,1-4H3. The van der Waals surface area contributed by atoms with Gasteiger partial charge in [0, 0.05) is 31.6 Å². The molecule has 0 atom stereocenters. The highest BCUT2D eigenvalue weighted by atomic mass is 16.5. The highest BCUT2D eigenvalue weighted by molar-refractivity contribution is 6.04. The van der Waals surface area contributed by atoms with Crippen molar-refractivity contribution in [3.8, 4) is 11.5 Å². The van der Waals surface area contributed by atoms with E-state index < -0.39 is 0 Å². The minimum Gasteiger partial charge on any atom is -0.493 e. The molecular formula is C20H21N3O4. The van der Waals surface area contributed by atoms with Gasteiger partial charge in [-0.2, -0.15) is 5.10 Å². The third-order valence-electron chi connectivity index (χ3n) is 4.40. The van der Waals surface area contributed by atoms with Crippen molar-refractivity contribution >= 4 is 16.7 Å². The number of ether oxygens (including phenoxy) is 2. The lowest BCUT2D eigenvalue weighted by Crippen LogP contribution is -2.31. The monoisotopic (exact) mass is 367 g/mol. The maximum absolute atomic E-state index is 13.1. The number of aromatic nitrogens is 2. The fraction of sp³-hybridized carbons (Fsp3) is 0.250. The molecule has 0 N–H and O–H groups in total. The van der Waals surface area contributed by atoms with E-state index in [0.717, 1.165) is 5.56 Å². The Bertz CT molecular complexity index is 1060. The smallest absolute Gasteiger partial charge is 0.274 e. The van der Waals surface area contributed by atoms with Crippen molar-refractivity contribution in [2.24, 2.45) is 7.05 Å². The zero-order valence-electron chi connectivity index (χ0n) is 15.7. The van der Waals surface area contributed by atoms with Crippen LogP contribution in [-0.2, 0) is 13.6 Å². The van der Waals surface area contributed by atoms with Gasteiger partial charge in [-0.15, -0.1) is 0 Å². The number of hydrogen-bond donors (Lipinski definition) is 0. The van der Waals surface area contributed by atoms with E-state index in [9.17, 15) is 9.59 Å². The summed E-state index contributed by atoms with van der Waals surface area (Å²) in [7, 11) is 6.35. The number of fused-ring (bicyclic) bond motifs is 1. The molecule has 0 aliphatic carbocycles. The fourth-order valence-electron chi connectivity index (χ4n) is 3.04. The Labute approximate surface area is 156 Å². The van der Waals surface area contributed by atoms with Crippen LogP contribution in [0, 0.1) is 0 Å². The first-order valence-corrected chi connectivity index (χ1v) is 8.39. The molecule has 0 bridgehead atoms. The van der Waals surface area contributed by atoms with Gasteiger partial charge in [-0.25, -0.2) is 4.68 Å². The molecule has 140 valence electrons. The Morgan fingerprint density at radius 1 is 1.07 bits per heavy atom. The molecule has 0 aliphatic heterocycles. The van der Waals surface area contributed by atoms with E-state index in [4.69, 9.17) is 9.47 Å². The van der Waals surface area contributed by atoms with Crippen LogP contribution in [0.3, 0.4) is 0 Å². The average Bonchev–Trinajstić information content (AvgIpc) is 2.69. The second kappa shape index (κ2) is 7.49. The van der Waals surface area contributed by atoms with Gasteiger partial charge in [0.1, 0.15) is 0 Å². The zero-order valence-corrected chi connectivity index (χ0v) is 15.7. The molecule has 3 rings (SSSR count). The van der Waals surface area contributed by atoms with Crippen molar-refractivity contribution in [3.05, 3.63) is 64.1 Å². The van der Waals surface area contributed by atoms with Crippen LogP contribution in [0.5, 0.6) is 11.5 Å². The van der Waals surface area contributed by atoms with Crippen LogP contribution in [0.15, 0.2) is 47.3 Å². The Hall–Kier alpha value is -3.35. The van der Waals surface area contributed by atoms with Crippen LogP contribution in [0.2, 0.25) is 0 Å². The molecule has 0 fully saturated rings. The first kappa shape index (κ1) is 18.4. The van der Waals surface area contributed by atoms with Crippen molar-refractivity contribution in [2.75, 3.05) is 21.3 Å². The second-order valence-corrected chi connectivity index (χ2v) is 6.14. The van der Waals surface area contributed by atoms with Gasteiger partial charge in [0.2, 0.25) is 0 Å². The minimum atomic E-state index is -0.285. The molecule has 2 aromatic carbocycles. The van der Waals surface area contributed by atoms with Gasteiger partial charge in [-0.3, -0.25) is 9.59 Å². The lowest BCUT2D eigenvalue weighted by molar-refractivity contribution is 0.0778. The molecule has 0 radical (unpaired) electrons. The summed E-state index contributed by atoms with van der Waals surface area (Å²) in [5, 5.41) is 5.20. The van der Waals surface area contributed by atoms with Crippen LogP contribution in [0.4, 0.5) is 0 Å². The maximum atomic E-state index is 13.1. The van der Waals surface area contributed by atoms with E-state index in [1.165, 1.54) is 16.6 Å². The third kappa shape index (κ3) is 3.36. The highest BCUT2D eigenvalue weighted by Crippen LogP contribution is 2.31.